The number of nitrogens with zero attached hydrogens (tertiary/aromatic N) is 2. The van der Waals surface area contributed by atoms with Crippen LogP contribution in [-0.4, -0.2) is 58.5 Å². The topological polar surface area (TPSA) is 105 Å². The molecule has 0 bridgehead atoms. The molecular weight excluding hydrogens is 601 g/mol. The molecule has 1 atom stereocenters. The van der Waals surface area contributed by atoms with Crippen molar-refractivity contribution in [3.05, 3.63) is 82.3 Å². The lowest BCUT2D eigenvalue weighted by atomic mass is 10.1. The molecule has 0 radical (unpaired) electrons. The van der Waals surface area contributed by atoms with Crippen LogP contribution in [0.1, 0.15) is 32.3 Å². The monoisotopic (exact) mass is 635 g/mol. The highest BCUT2D eigenvalue weighted by atomic mass is 35.5. The van der Waals surface area contributed by atoms with Crippen molar-refractivity contribution in [3.63, 3.8) is 0 Å². The molecule has 9 nitrogen and oxygen atoms in total. The van der Waals surface area contributed by atoms with Gasteiger partial charge in [-0.25, -0.2) is 8.42 Å². The van der Waals surface area contributed by atoms with Gasteiger partial charge in [-0.2, -0.15) is 0 Å². The van der Waals surface area contributed by atoms with Crippen LogP contribution in [0.3, 0.4) is 0 Å². The number of halogens is 2. The molecule has 3 aromatic carbocycles. The highest BCUT2D eigenvalue weighted by Gasteiger charge is 2.33. The lowest BCUT2D eigenvalue weighted by Gasteiger charge is -2.32. The molecule has 3 rings (SSSR count). The van der Waals surface area contributed by atoms with E-state index in [1.807, 2.05) is 6.92 Å². The van der Waals surface area contributed by atoms with Gasteiger partial charge in [-0.05, 0) is 67.4 Å². The molecule has 0 aromatic heterocycles. The molecule has 226 valence electrons. The van der Waals surface area contributed by atoms with Crippen LogP contribution in [0.25, 0.3) is 0 Å². The Hall–Kier alpha value is -3.47. The highest BCUT2D eigenvalue weighted by Crippen LogP contribution is 2.32. The standard InChI is InChI=1S/C30H35Cl2N3O6S/c1-5-6-16-33-30(37)21(2)34(19-22-8-7-9-24(32)17-22)29(36)20-35(25-12-10-23(31)11-13-25)42(38,39)26-14-15-27(40-3)28(18-26)41-4/h7-15,17-18,21H,5-6,16,19-20H2,1-4H3,(H,33,37)/t21-/m0/s1. The van der Waals surface area contributed by atoms with Crippen LogP contribution >= 0.6 is 23.2 Å². The molecule has 0 saturated carbocycles. The number of rotatable bonds is 14. The summed E-state index contributed by atoms with van der Waals surface area (Å²) in [6.45, 7) is 3.52. The van der Waals surface area contributed by atoms with E-state index in [0.717, 1.165) is 17.1 Å². The van der Waals surface area contributed by atoms with E-state index in [-0.39, 0.29) is 28.8 Å². The summed E-state index contributed by atoms with van der Waals surface area (Å²) in [5.74, 6) is -0.381. The first-order chi connectivity index (χ1) is 20.0. The highest BCUT2D eigenvalue weighted by molar-refractivity contribution is 7.92. The second kappa shape index (κ2) is 15.1. The molecule has 12 heteroatoms. The van der Waals surface area contributed by atoms with Crippen LogP contribution in [0.2, 0.25) is 10.0 Å². The predicted molar refractivity (Wildman–Crippen MR) is 165 cm³/mol. The fourth-order valence-electron chi connectivity index (χ4n) is 4.19. The lowest BCUT2D eigenvalue weighted by molar-refractivity contribution is -0.139. The number of benzene rings is 3. The van der Waals surface area contributed by atoms with Gasteiger partial charge in [0.15, 0.2) is 11.5 Å². The molecule has 42 heavy (non-hydrogen) atoms. The summed E-state index contributed by atoms with van der Waals surface area (Å²) in [5.41, 5.74) is 0.898. The first-order valence-electron chi connectivity index (χ1n) is 13.3. The van der Waals surface area contributed by atoms with Gasteiger partial charge in [-0.1, -0.05) is 48.7 Å². The number of hydrogen-bond donors (Lipinski definition) is 1. The van der Waals surface area contributed by atoms with Crippen LogP contribution in [0.15, 0.2) is 71.6 Å². The average Bonchev–Trinajstić information content (AvgIpc) is 2.98. The zero-order chi connectivity index (χ0) is 30.9. The number of carbonyl (C=O) groups excluding carboxylic acids is 2. The molecule has 0 spiro atoms. The van der Waals surface area contributed by atoms with Crippen molar-refractivity contribution < 1.29 is 27.5 Å². The smallest absolute Gasteiger partial charge is 0.264 e. The fraction of sp³-hybridized carbons (Fsp3) is 0.333. The SMILES string of the molecule is CCCCNC(=O)[C@H](C)N(Cc1cccc(Cl)c1)C(=O)CN(c1ccc(Cl)cc1)S(=O)(=O)c1ccc(OC)c(OC)c1. The van der Waals surface area contributed by atoms with Gasteiger partial charge in [-0.15, -0.1) is 0 Å². The zero-order valence-electron chi connectivity index (χ0n) is 24.0. The number of anilines is 1. The van der Waals surface area contributed by atoms with Crippen molar-refractivity contribution >= 4 is 50.7 Å². The Labute approximate surface area is 257 Å². The Morgan fingerprint density at radius 1 is 0.929 bits per heavy atom. The lowest BCUT2D eigenvalue weighted by Crippen LogP contribution is -2.51. The third-order valence-corrected chi connectivity index (χ3v) is 8.83. The maximum Gasteiger partial charge on any atom is 0.264 e. The Bertz CT molecular complexity index is 1480. The van der Waals surface area contributed by atoms with Crippen molar-refractivity contribution in [2.45, 2.75) is 44.2 Å². The minimum absolute atomic E-state index is 0.0343. The summed E-state index contributed by atoms with van der Waals surface area (Å²) in [5, 5.41) is 3.72. The summed E-state index contributed by atoms with van der Waals surface area (Å²) >= 11 is 12.3. The number of hydrogen-bond acceptors (Lipinski definition) is 6. The predicted octanol–water partition coefficient (Wildman–Crippen LogP) is 5.54. The van der Waals surface area contributed by atoms with Gasteiger partial charge in [0.25, 0.3) is 10.0 Å². The molecule has 0 saturated heterocycles. The molecule has 2 amide bonds. The van der Waals surface area contributed by atoms with E-state index >= 15 is 0 Å². The molecule has 0 fully saturated rings. The quantitative estimate of drug-likeness (QED) is 0.233. The number of ether oxygens (including phenoxy) is 2. The van der Waals surface area contributed by atoms with E-state index in [4.69, 9.17) is 32.7 Å². The summed E-state index contributed by atoms with van der Waals surface area (Å²) in [7, 11) is -1.47. The summed E-state index contributed by atoms with van der Waals surface area (Å²) in [6, 6.07) is 16.3. The van der Waals surface area contributed by atoms with Crippen LogP contribution in [0.5, 0.6) is 11.5 Å². The number of amides is 2. The van der Waals surface area contributed by atoms with Crippen LogP contribution < -0.4 is 19.1 Å². The molecular formula is C30H35Cl2N3O6S. The van der Waals surface area contributed by atoms with E-state index in [1.54, 1.807) is 31.2 Å². The summed E-state index contributed by atoms with van der Waals surface area (Å²) < 4.78 is 39.7. The Kier molecular flexibility index (Phi) is 11.9. The normalized spacial score (nSPS) is 11.9. The zero-order valence-corrected chi connectivity index (χ0v) is 26.3. The molecule has 0 aliphatic heterocycles. The van der Waals surface area contributed by atoms with Crippen molar-refractivity contribution in [2.75, 3.05) is 31.6 Å². The number of nitrogens with one attached hydrogen (secondary N) is 1. The maximum atomic E-state index is 14.1. The van der Waals surface area contributed by atoms with Crippen LogP contribution in [-0.2, 0) is 26.2 Å². The Balaban J connectivity index is 2.04. The number of sulfonamides is 1. The van der Waals surface area contributed by atoms with E-state index in [2.05, 4.69) is 5.32 Å². The van der Waals surface area contributed by atoms with Gasteiger partial charge >= 0.3 is 0 Å². The molecule has 0 aliphatic rings. The van der Waals surface area contributed by atoms with Crippen LogP contribution in [0.4, 0.5) is 5.69 Å². The summed E-state index contributed by atoms with van der Waals surface area (Å²) in [6.07, 6.45) is 1.68. The Morgan fingerprint density at radius 2 is 1.62 bits per heavy atom. The fourth-order valence-corrected chi connectivity index (χ4v) is 5.96. The van der Waals surface area contributed by atoms with E-state index < -0.39 is 28.5 Å². The van der Waals surface area contributed by atoms with E-state index in [9.17, 15) is 18.0 Å². The van der Waals surface area contributed by atoms with Gasteiger partial charge in [0.1, 0.15) is 12.6 Å². The second-order valence-electron chi connectivity index (χ2n) is 9.48. The largest absolute Gasteiger partial charge is 0.493 e. The average molecular weight is 637 g/mol. The van der Waals surface area contributed by atoms with Crippen molar-refractivity contribution in [1.29, 1.82) is 0 Å². The van der Waals surface area contributed by atoms with Crippen molar-refractivity contribution in [2.24, 2.45) is 0 Å². The van der Waals surface area contributed by atoms with E-state index in [1.165, 1.54) is 61.6 Å². The van der Waals surface area contributed by atoms with Gasteiger partial charge < -0.3 is 19.7 Å². The molecule has 3 aromatic rings. The van der Waals surface area contributed by atoms with Gasteiger partial charge in [0, 0.05) is 29.2 Å². The van der Waals surface area contributed by atoms with Crippen molar-refractivity contribution in [1.82, 2.24) is 10.2 Å². The number of unbranched alkanes of at least 4 members (excludes halogenated alkanes) is 1. The minimum Gasteiger partial charge on any atom is -0.493 e. The first-order valence-corrected chi connectivity index (χ1v) is 15.5. The minimum atomic E-state index is -4.31. The first kappa shape index (κ1) is 33.0. The van der Waals surface area contributed by atoms with Gasteiger partial charge in [0.05, 0.1) is 24.8 Å². The Morgan fingerprint density at radius 3 is 2.24 bits per heavy atom. The third-order valence-electron chi connectivity index (χ3n) is 6.58. The van der Waals surface area contributed by atoms with Gasteiger partial charge in [-0.3, -0.25) is 13.9 Å². The maximum absolute atomic E-state index is 14.1. The second-order valence-corrected chi connectivity index (χ2v) is 12.2. The number of carbonyl (C=O) groups is 2. The molecule has 0 heterocycles. The van der Waals surface area contributed by atoms with Gasteiger partial charge in [0.2, 0.25) is 11.8 Å². The van der Waals surface area contributed by atoms with Crippen molar-refractivity contribution in [3.8, 4) is 11.5 Å². The number of methoxy groups -OCH3 is 2. The van der Waals surface area contributed by atoms with E-state index in [0.29, 0.717) is 27.9 Å². The molecule has 0 aliphatic carbocycles. The van der Waals surface area contributed by atoms with Crippen LogP contribution in [0, 0.1) is 0 Å². The molecule has 1 N–H and O–H groups in total. The third kappa shape index (κ3) is 8.30. The summed E-state index contributed by atoms with van der Waals surface area (Å²) in [4.78, 5) is 28.3. The molecule has 0 unspecified atom stereocenters.